The molecular weight excluding hydrogens is 733 g/mol. The number of aromatic amines is 1. The van der Waals surface area contributed by atoms with Gasteiger partial charge in [0.1, 0.15) is 17.5 Å². The molecule has 0 saturated carbocycles. The number of hydrogen-bond donors (Lipinski definition) is 2. The largest absolute Gasteiger partial charge is 0.471 e. The van der Waals surface area contributed by atoms with E-state index in [-0.39, 0.29) is 35.8 Å². The van der Waals surface area contributed by atoms with Crippen LogP contribution in [0, 0.1) is 11.8 Å². The Morgan fingerprint density at radius 3 is 2.56 bits per heavy atom. The van der Waals surface area contributed by atoms with Gasteiger partial charge in [-0.05, 0) is 83.8 Å². The van der Waals surface area contributed by atoms with Gasteiger partial charge in [0, 0.05) is 71.0 Å². The number of H-pyrrole nitrogens is 1. The van der Waals surface area contributed by atoms with Crippen LogP contribution in [0.1, 0.15) is 71.4 Å². The highest BCUT2D eigenvalue weighted by atomic mass is 35.5. The maximum Gasteiger partial charge on any atom is 0.272 e. The number of nitrogens with one attached hydrogen (secondary N) is 2. The summed E-state index contributed by atoms with van der Waals surface area (Å²) in [6, 6.07) is 25.6. The summed E-state index contributed by atoms with van der Waals surface area (Å²) in [6.07, 6.45) is 8.76. The molecule has 3 unspecified atom stereocenters. The number of benzene rings is 3. The Kier molecular flexibility index (Phi) is 9.62. The van der Waals surface area contributed by atoms with Gasteiger partial charge < -0.3 is 29.6 Å². The van der Waals surface area contributed by atoms with Crippen molar-refractivity contribution in [1.29, 1.82) is 0 Å². The molecule has 2 aromatic heterocycles. The number of ether oxygens (including phenoxy) is 2. The number of amides is 2. The molecule has 0 bridgehead atoms. The average molecular weight is 775 g/mol. The molecule has 5 aromatic rings. The summed E-state index contributed by atoms with van der Waals surface area (Å²) in [5.74, 6) is 0.276. The van der Waals surface area contributed by atoms with Crippen LogP contribution in [0.5, 0.6) is 5.88 Å². The average Bonchev–Trinajstić information content (AvgIpc) is 3.78. The van der Waals surface area contributed by atoms with Gasteiger partial charge >= 0.3 is 0 Å². The number of anilines is 1. The Bertz CT molecular complexity index is 2330. The van der Waals surface area contributed by atoms with Crippen LogP contribution in [0.15, 0.2) is 97.3 Å². The highest BCUT2D eigenvalue weighted by Gasteiger charge is 2.40. The number of hydrogen-bond acceptors (Lipinski definition) is 6. The van der Waals surface area contributed by atoms with Crippen LogP contribution >= 0.6 is 23.2 Å². The van der Waals surface area contributed by atoms with Crippen LogP contribution in [0.4, 0.5) is 5.69 Å². The van der Waals surface area contributed by atoms with Crippen molar-refractivity contribution in [1.82, 2.24) is 19.8 Å². The topological polar surface area (TPSA) is 99.8 Å². The monoisotopic (exact) mass is 773 g/mol. The number of allylic oxidation sites excluding steroid dienone is 2. The fourth-order valence-electron chi connectivity index (χ4n) is 8.70. The van der Waals surface area contributed by atoms with Gasteiger partial charge in [-0.1, -0.05) is 78.7 Å². The van der Waals surface area contributed by atoms with Crippen LogP contribution in [0.3, 0.4) is 0 Å². The van der Waals surface area contributed by atoms with E-state index in [9.17, 15) is 9.59 Å². The number of likely N-dealkylation sites (tertiary alicyclic amines) is 1. The first-order valence-corrected chi connectivity index (χ1v) is 19.7. The minimum absolute atomic E-state index is 0.00759. The standard InChI is InChI=1S/C44H41Cl2N5O4/c1-26-7-6-19-51-40(28-11-13-30(45)14-12-28)33-23-31(46)24-35-37(33)38(41(51)36(26)27-8-3-2-4-9-27)39(48-35)42(52)49-34-10-5-18-47-43(34)55-32-15-20-50(25-32)44(53)29-16-21-54-22-17-29/h2-6,8-14,18-19,23-24,26,29,32,40,48H,7,15-17,20-22,25H2,1H3,(H,49,52). The molecule has 6 heterocycles. The second-order valence-corrected chi connectivity index (χ2v) is 15.7. The van der Waals surface area contributed by atoms with Crippen LogP contribution in [0.25, 0.3) is 22.2 Å². The van der Waals surface area contributed by atoms with Gasteiger partial charge in [-0.25, -0.2) is 4.98 Å². The molecular formula is C44H41Cl2N5O4. The third-order valence-corrected chi connectivity index (χ3v) is 11.8. The van der Waals surface area contributed by atoms with E-state index < -0.39 is 0 Å². The maximum absolute atomic E-state index is 14.8. The summed E-state index contributed by atoms with van der Waals surface area (Å²) in [6.45, 7) is 4.58. The van der Waals surface area contributed by atoms with Crippen molar-refractivity contribution in [2.75, 3.05) is 31.6 Å². The van der Waals surface area contributed by atoms with Crippen molar-refractivity contribution in [2.24, 2.45) is 11.8 Å². The number of pyridine rings is 1. The first kappa shape index (κ1) is 35.6. The molecule has 0 radical (unpaired) electrons. The fourth-order valence-corrected chi connectivity index (χ4v) is 9.05. The molecule has 9 rings (SSSR count). The maximum atomic E-state index is 14.8. The van der Waals surface area contributed by atoms with Crippen LogP contribution < -0.4 is 10.1 Å². The predicted octanol–water partition coefficient (Wildman–Crippen LogP) is 9.36. The molecule has 2 fully saturated rings. The smallest absolute Gasteiger partial charge is 0.272 e. The normalized spacial score (nSPS) is 21.1. The molecule has 0 spiro atoms. The van der Waals surface area contributed by atoms with Gasteiger partial charge in [-0.3, -0.25) is 9.59 Å². The first-order chi connectivity index (χ1) is 26.8. The zero-order valence-corrected chi connectivity index (χ0v) is 31.9. The molecule has 0 aliphatic carbocycles. The Morgan fingerprint density at radius 2 is 1.76 bits per heavy atom. The van der Waals surface area contributed by atoms with Crippen molar-refractivity contribution in [3.63, 3.8) is 0 Å². The van der Waals surface area contributed by atoms with E-state index >= 15 is 0 Å². The Labute approximate surface area is 329 Å². The molecule has 11 heteroatoms. The molecule has 4 aliphatic heterocycles. The molecule has 3 atom stereocenters. The van der Waals surface area contributed by atoms with Crippen molar-refractivity contribution >= 4 is 62.9 Å². The van der Waals surface area contributed by atoms with Crippen LogP contribution in [0.2, 0.25) is 10.0 Å². The molecule has 2 N–H and O–H groups in total. The molecule has 2 saturated heterocycles. The lowest BCUT2D eigenvalue weighted by Crippen LogP contribution is -2.38. The number of halogens is 2. The van der Waals surface area contributed by atoms with E-state index in [1.807, 2.05) is 35.2 Å². The molecule has 4 aliphatic rings. The summed E-state index contributed by atoms with van der Waals surface area (Å²) in [7, 11) is 0. The quantitative estimate of drug-likeness (QED) is 0.171. The van der Waals surface area contributed by atoms with E-state index in [0.717, 1.165) is 63.7 Å². The Balaban J connectivity index is 1.12. The van der Waals surface area contributed by atoms with Gasteiger partial charge in [-0.2, -0.15) is 0 Å². The summed E-state index contributed by atoms with van der Waals surface area (Å²) in [5.41, 5.74) is 7.67. The Hall–Kier alpha value is -5.09. The van der Waals surface area contributed by atoms with Crippen LogP contribution in [-0.2, 0) is 9.53 Å². The lowest BCUT2D eigenvalue weighted by molar-refractivity contribution is -0.137. The summed E-state index contributed by atoms with van der Waals surface area (Å²) in [4.78, 5) is 40.2. The van der Waals surface area contributed by atoms with Crippen molar-refractivity contribution < 1.29 is 19.1 Å². The van der Waals surface area contributed by atoms with Crippen molar-refractivity contribution in [3.8, 4) is 5.88 Å². The van der Waals surface area contributed by atoms with E-state index in [0.29, 0.717) is 60.0 Å². The highest BCUT2D eigenvalue weighted by molar-refractivity contribution is 6.32. The lowest BCUT2D eigenvalue weighted by Gasteiger charge is -2.39. The third-order valence-electron chi connectivity index (χ3n) is 11.3. The van der Waals surface area contributed by atoms with Gasteiger partial charge in [0.2, 0.25) is 11.8 Å². The minimum Gasteiger partial charge on any atom is -0.471 e. The summed E-state index contributed by atoms with van der Waals surface area (Å²) in [5, 5.41) is 5.31. The second-order valence-electron chi connectivity index (χ2n) is 14.8. The molecule has 3 aromatic carbocycles. The summed E-state index contributed by atoms with van der Waals surface area (Å²) >= 11 is 13.3. The predicted molar refractivity (Wildman–Crippen MR) is 216 cm³/mol. The molecule has 9 nitrogen and oxygen atoms in total. The SMILES string of the molecule is CC1CC=CN2C(=C1c1ccccc1)c1c(C(=O)Nc3cccnc3OC3CCN(C(=O)C4CCOCC4)C3)[nH]c3cc(Cl)cc(c13)C2c1ccc(Cl)cc1. The number of nitrogens with zero attached hydrogens (tertiary/aromatic N) is 3. The van der Waals surface area contributed by atoms with Crippen molar-refractivity contribution in [3.05, 3.63) is 135 Å². The third kappa shape index (κ3) is 6.68. The van der Waals surface area contributed by atoms with Gasteiger partial charge in [0.05, 0.1) is 18.3 Å². The van der Waals surface area contributed by atoms with Crippen LogP contribution in [-0.4, -0.2) is 64.0 Å². The van der Waals surface area contributed by atoms with Crippen molar-refractivity contribution in [2.45, 2.75) is 44.8 Å². The second kappa shape index (κ2) is 14.9. The van der Waals surface area contributed by atoms with E-state index in [1.54, 1.807) is 18.3 Å². The first-order valence-electron chi connectivity index (χ1n) is 19.0. The molecule has 2 amide bonds. The number of aromatic nitrogens is 2. The van der Waals surface area contributed by atoms with Gasteiger partial charge in [-0.15, -0.1) is 0 Å². The number of rotatable bonds is 7. The van der Waals surface area contributed by atoms with E-state index in [1.165, 1.54) is 0 Å². The minimum atomic E-state index is -0.334. The number of fused-ring (bicyclic) bond motifs is 2. The van der Waals surface area contributed by atoms with E-state index in [4.69, 9.17) is 32.7 Å². The lowest BCUT2D eigenvalue weighted by atomic mass is 9.82. The van der Waals surface area contributed by atoms with Gasteiger partial charge in [0.15, 0.2) is 0 Å². The summed E-state index contributed by atoms with van der Waals surface area (Å²) < 4.78 is 11.9. The number of carbonyl (C=O) groups excluding carboxylic acids is 2. The Morgan fingerprint density at radius 1 is 0.964 bits per heavy atom. The zero-order chi connectivity index (χ0) is 37.6. The molecule has 280 valence electrons. The molecule has 55 heavy (non-hydrogen) atoms. The number of carbonyl (C=O) groups is 2. The fraction of sp³-hybridized carbons (Fsp3) is 0.295. The van der Waals surface area contributed by atoms with Gasteiger partial charge in [0.25, 0.3) is 5.91 Å². The highest BCUT2D eigenvalue weighted by Crippen LogP contribution is 2.53. The van der Waals surface area contributed by atoms with E-state index in [2.05, 4.69) is 75.8 Å². The zero-order valence-electron chi connectivity index (χ0n) is 30.4.